The third kappa shape index (κ3) is 4.27. The number of anilines is 2. The van der Waals surface area contributed by atoms with Crippen molar-refractivity contribution in [3.63, 3.8) is 0 Å². The Morgan fingerprint density at radius 3 is 1.72 bits per heavy atom. The van der Waals surface area contributed by atoms with Crippen molar-refractivity contribution in [3.8, 4) is 0 Å². The Balaban J connectivity index is 1.51. The van der Waals surface area contributed by atoms with Crippen LogP contribution in [-0.2, 0) is 0 Å². The van der Waals surface area contributed by atoms with E-state index >= 15 is 0 Å². The molecule has 0 saturated heterocycles. The molecule has 0 radical (unpaired) electrons. The van der Waals surface area contributed by atoms with Gasteiger partial charge in [-0.15, -0.1) is 0 Å². The number of quaternary nitrogens is 1. The average Bonchev–Trinajstić information content (AvgIpc) is 2.85. The van der Waals surface area contributed by atoms with Gasteiger partial charge in [0.25, 0.3) is 0 Å². The van der Waals surface area contributed by atoms with E-state index in [-0.39, 0.29) is 16.6 Å². The summed E-state index contributed by atoms with van der Waals surface area (Å²) in [6.45, 7) is 0. The number of benzene rings is 4. The zero-order valence-corrected chi connectivity index (χ0v) is 17.1. The molecule has 0 spiro atoms. The molecule has 5 N–H and O–H groups in total. The maximum atomic E-state index is 12.8. The predicted octanol–water partition coefficient (Wildman–Crippen LogP) is 3.66. The number of hydrogen-bond donors (Lipinski definition) is 3. The number of carbonyl (C=O) groups excluding carboxylic acids is 2. The number of rotatable bonds is 6. The van der Waals surface area contributed by atoms with Gasteiger partial charge in [-0.2, -0.15) is 0 Å². The Hall–Kier alpha value is -4.26. The van der Waals surface area contributed by atoms with Crippen LogP contribution in [0.25, 0.3) is 0 Å². The summed E-state index contributed by atoms with van der Waals surface area (Å²) in [4.78, 5) is 25.6. The lowest BCUT2D eigenvalue weighted by Crippen LogP contribution is -2.96. The fourth-order valence-electron chi connectivity index (χ4n) is 3.39. The van der Waals surface area contributed by atoms with Gasteiger partial charge in [0.1, 0.15) is 11.4 Å². The van der Waals surface area contributed by atoms with E-state index in [0.29, 0.717) is 45.0 Å². The fraction of sp³-hybridized carbons (Fsp3) is 0. The van der Waals surface area contributed by atoms with Gasteiger partial charge in [-0.05, 0) is 42.5 Å². The smallest absolute Gasteiger partial charge is 0.195 e. The normalized spacial score (nSPS) is 11.7. The minimum Gasteiger partial charge on any atom is -0.623 e. The van der Waals surface area contributed by atoms with Gasteiger partial charge in [0.2, 0.25) is 0 Å². The molecule has 4 rings (SSSR count). The Morgan fingerprint density at radius 1 is 0.625 bits per heavy atom. The highest BCUT2D eigenvalue weighted by atomic mass is 16.5. The monoisotopic (exact) mass is 423 g/mol. The van der Waals surface area contributed by atoms with Gasteiger partial charge < -0.3 is 21.7 Å². The van der Waals surface area contributed by atoms with Gasteiger partial charge in [-0.1, -0.05) is 42.5 Å². The lowest BCUT2D eigenvalue weighted by atomic mass is 9.97. The lowest BCUT2D eigenvalue weighted by molar-refractivity contribution is -0.698. The molecule has 0 aliphatic rings. The fourth-order valence-corrected chi connectivity index (χ4v) is 3.39. The van der Waals surface area contributed by atoms with Crippen molar-refractivity contribution >= 4 is 34.3 Å². The molecule has 6 nitrogen and oxygen atoms in total. The zero-order valence-electron chi connectivity index (χ0n) is 17.1. The third-order valence-electron chi connectivity index (χ3n) is 5.18. The molecule has 1 atom stereocenters. The Labute approximate surface area is 185 Å². The summed E-state index contributed by atoms with van der Waals surface area (Å²) in [7, 11) is 0. The van der Waals surface area contributed by atoms with E-state index in [1.165, 1.54) is 6.07 Å². The second-order valence-corrected chi connectivity index (χ2v) is 7.35. The molecule has 0 bridgehead atoms. The molecule has 4 aromatic carbocycles. The minimum atomic E-state index is -0.266. The van der Waals surface area contributed by atoms with Crippen LogP contribution in [0.5, 0.6) is 0 Å². The van der Waals surface area contributed by atoms with E-state index in [1.807, 2.05) is 6.07 Å². The summed E-state index contributed by atoms with van der Waals surface area (Å²) in [5, 5.41) is 12.4. The van der Waals surface area contributed by atoms with Crippen molar-refractivity contribution in [2.24, 2.45) is 0 Å². The highest BCUT2D eigenvalue weighted by molar-refractivity contribution is 6.13. The van der Waals surface area contributed by atoms with Crippen LogP contribution >= 0.6 is 0 Å². The number of nitrogens with two attached hydrogens (primary N) is 2. The Kier molecular flexibility index (Phi) is 5.81. The first-order valence-electron chi connectivity index (χ1n) is 9.98. The summed E-state index contributed by atoms with van der Waals surface area (Å²) < 4.78 is 0. The summed E-state index contributed by atoms with van der Waals surface area (Å²) in [5.74, 6) is -0.469. The van der Waals surface area contributed by atoms with Crippen molar-refractivity contribution in [2.75, 3.05) is 11.5 Å². The van der Waals surface area contributed by atoms with Gasteiger partial charge >= 0.3 is 0 Å². The van der Waals surface area contributed by atoms with Crippen LogP contribution in [0.1, 0.15) is 31.8 Å². The summed E-state index contributed by atoms with van der Waals surface area (Å²) in [5.41, 5.74) is 15.2. The maximum absolute atomic E-state index is 12.8. The van der Waals surface area contributed by atoms with Gasteiger partial charge in [0, 0.05) is 45.8 Å². The number of carbonyl (C=O) groups is 2. The molecule has 0 aliphatic carbocycles. The van der Waals surface area contributed by atoms with Crippen LogP contribution in [0.2, 0.25) is 0 Å². The molecule has 158 valence electrons. The van der Waals surface area contributed by atoms with Crippen molar-refractivity contribution < 1.29 is 14.7 Å². The van der Waals surface area contributed by atoms with Crippen molar-refractivity contribution in [1.82, 2.24) is 0 Å². The molecule has 0 saturated carbocycles. The molecule has 0 heterocycles. The topological polar surface area (TPSA) is 114 Å². The number of hydrogen-bond acceptors (Lipinski definition) is 5. The SMILES string of the molecule is Nc1ccc(N)c(C(=O)c2ccc(C(=O)c3ccc([NH+]([O-])c4ccccc4)cc3)cc2)c1. The molecule has 0 fully saturated rings. The number of nitrogens with one attached hydrogen (secondary N) is 1. The van der Waals surface area contributed by atoms with Gasteiger partial charge in [0.15, 0.2) is 11.6 Å². The largest absolute Gasteiger partial charge is 0.623 e. The van der Waals surface area contributed by atoms with E-state index in [0.717, 1.165) is 0 Å². The summed E-state index contributed by atoms with van der Waals surface area (Å²) in [6.07, 6.45) is 0. The summed E-state index contributed by atoms with van der Waals surface area (Å²) >= 11 is 0. The molecule has 0 amide bonds. The highest BCUT2D eigenvalue weighted by Crippen LogP contribution is 2.21. The van der Waals surface area contributed by atoms with E-state index < -0.39 is 0 Å². The molecule has 0 aromatic heterocycles. The Morgan fingerprint density at radius 2 is 1.12 bits per heavy atom. The van der Waals surface area contributed by atoms with Crippen LogP contribution in [-0.4, -0.2) is 11.6 Å². The first-order chi connectivity index (χ1) is 15.4. The van der Waals surface area contributed by atoms with Crippen LogP contribution < -0.4 is 16.5 Å². The summed E-state index contributed by atoms with van der Waals surface area (Å²) in [6, 6.07) is 26.6. The van der Waals surface area contributed by atoms with Gasteiger partial charge in [-0.25, -0.2) is 0 Å². The van der Waals surface area contributed by atoms with E-state index in [4.69, 9.17) is 11.5 Å². The van der Waals surface area contributed by atoms with Crippen molar-refractivity contribution in [1.29, 1.82) is 0 Å². The minimum absolute atomic E-state index is 0.103. The van der Waals surface area contributed by atoms with E-state index in [2.05, 4.69) is 0 Å². The van der Waals surface area contributed by atoms with Crippen LogP contribution in [0.3, 0.4) is 0 Å². The average molecular weight is 423 g/mol. The highest BCUT2D eigenvalue weighted by Gasteiger charge is 2.15. The first-order valence-corrected chi connectivity index (χ1v) is 9.98. The molecule has 0 aliphatic heterocycles. The van der Waals surface area contributed by atoms with Crippen LogP contribution in [0.4, 0.5) is 22.7 Å². The number of nitrogen functional groups attached to an aromatic ring is 2. The second-order valence-electron chi connectivity index (χ2n) is 7.35. The molecular formula is C26H21N3O3. The molecule has 4 aromatic rings. The quantitative estimate of drug-likeness (QED) is 0.249. The molecular weight excluding hydrogens is 402 g/mol. The standard InChI is InChI=1S/C26H21N3O3/c27-20-12-15-24(28)23(16-20)26(31)19-8-6-17(7-9-19)25(30)18-10-13-22(14-11-18)29(32)21-4-2-1-3-5-21/h1-16,29H,27-28H2. The molecule has 1 unspecified atom stereocenters. The van der Waals surface area contributed by atoms with Crippen LogP contribution in [0.15, 0.2) is 97.1 Å². The molecule has 6 heteroatoms. The predicted molar refractivity (Wildman–Crippen MR) is 125 cm³/mol. The number of para-hydroxylation sites is 1. The third-order valence-corrected chi connectivity index (χ3v) is 5.18. The van der Waals surface area contributed by atoms with Crippen molar-refractivity contribution in [2.45, 2.75) is 0 Å². The van der Waals surface area contributed by atoms with Gasteiger partial charge in [0.05, 0.1) is 0 Å². The second kappa shape index (κ2) is 8.85. The van der Waals surface area contributed by atoms with Crippen molar-refractivity contribution in [3.05, 3.63) is 125 Å². The zero-order chi connectivity index (χ0) is 22.7. The lowest BCUT2D eigenvalue weighted by Gasteiger charge is -2.21. The first kappa shape index (κ1) is 21.0. The van der Waals surface area contributed by atoms with E-state index in [9.17, 15) is 14.8 Å². The van der Waals surface area contributed by atoms with E-state index in [1.54, 1.807) is 84.9 Å². The van der Waals surface area contributed by atoms with Gasteiger partial charge in [-0.3, -0.25) is 9.59 Å². The molecule has 32 heavy (non-hydrogen) atoms. The Bertz CT molecular complexity index is 1270. The number of ketones is 2. The maximum Gasteiger partial charge on any atom is 0.195 e. The van der Waals surface area contributed by atoms with Crippen LogP contribution in [0, 0.1) is 5.21 Å².